The molecule has 7 aromatic rings. The van der Waals surface area contributed by atoms with Crippen LogP contribution in [-0.2, 0) is 0 Å². The van der Waals surface area contributed by atoms with Gasteiger partial charge < -0.3 is 0 Å². The molecule has 0 aromatic heterocycles. The van der Waals surface area contributed by atoms with Crippen molar-refractivity contribution < 1.29 is 0 Å². The zero-order valence-electron chi connectivity index (χ0n) is 16.4. The van der Waals surface area contributed by atoms with Crippen LogP contribution in [0.25, 0.3) is 64.6 Å². The fourth-order valence-corrected chi connectivity index (χ4v) is 4.95. The summed E-state index contributed by atoms with van der Waals surface area (Å²) < 4.78 is 0. The molecular formula is C30H18. The highest BCUT2D eigenvalue weighted by molar-refractivity contribution is 6.15. The first-order valence-electron chi connectivity index (χ1n) is 10.4. The molecule has 30 heavy (non-hydrogen) atoms. The van der Waals surface area contributed by atoms with Crippen LogP contribution in [0, 0.1) is 0 Å². The Hall–Kier alpha value is -3.90. The molecule has 0 bridgehead atoms. The summed E-state index contributed by atoms with van der Waals surface area (Å²) >= 11 is 0. The molecule has 0 radical (unpaired) electrons. The van der Waals surface area contributed by atoms with Crippen molar-refractivity contribution in [3.05, 3.63) is 109 Å². The molecule has 0 unspecified atom stereocenters. The van der Waals surface area contributed by atoms with Crippen molar-refractivity contribution in [2.45, 2.75) is 0 Å². The van der Waals surface area contributed by atoms with E-state index in [1.54, 1.807) is 0 Å². The summed E-state index contributed by atoms with van der Waals surface area (Å²) in [5.41, 5.74) is 0. The predicted molar refractivity (Wildman–Crippen MR) is 131 cm³/mol. The van der Waals surface area contributed by atoms with Gasteiger partial charge in [-0.2, -0.15) is 0 Å². The van der Waals surface area contributed by atoms with Gasteiger partial charge in [-0.15, -0.1) is 0 Å². The van der Waals surface area contributed by atoms with Gasteiger partial charge in [0.2, 0.25) is 0 Å². The first kappa shape index (κ1) is 16.0. The van der Waals surface area contributed by atoms with E-state index in [2.05, 4.69) is 109 Å². The van der Waals surface area contributed by atoms with Crippen molar-refractivity contribution in [3.8, 4) is 0 Å². The van der Waals surface area contributed by atoms with Crippen molar-refractivity contribution in [2.75, 3.05) is 0 Å². The third-order valence-electron chi connectivity index (χ3n) is 6.48. The SMILES string of the molecule is c1ccc2cc3cc4cc5cc6c(ccc7ccccc76)cc5cc4cc3cc2c1. The quantitative estimate of drug-likeness (QED) is 0.183. The monoisotopic (exact) mass is 378 g/mol. The van der Waals surface area contributed by atoms with E-state index in [0.717, 1.165) is 0 Å². The second-order valence-electron chi connectivity index (χ2n) is 8.31. The largest absolute Gasteiger partial charge is 0.0616 e. The van der Waals surface area contributed by atoms with Crippen LogP contribution in [0.15, 0.2) is 109 Å². The zero-order valence-corrected chi connectivity index (χ0v) is 16.4. The lowest BCUT2D eigenvalue weighted by atomic mass is 9.95. The van der Waals surface area contributed by atoms with Crippen molar-refractivity contribution in [1.82, 2.24) is 0 Å². The molecule has 0 amide bonds. The minimum absolute atomic E-state index is 1.29. The summed E-state index contributed by atoms with van der Waals surface area (Å²) in [6.45, 7) is 0. The molecule has 138 valence electrons. The fourth-order valence-electron chi connectivity index (χ4n) is 4.95. The Labute approximate surface area is 174 Å². The summed E-state index contributed by atoms with van der Waals surface area (Å²) in [5, 5.41) is 15.6. The molecule has 0 aliphatic rings. The van der Waals surface area contributed by atoms with E-state index in [-0.39, 0.29) is 0 Å². The Kier molecular flexibility index (Phi) is 3.09. The summed E-state index contributed by atoms with van der Waals surface area (Å²) in [7, 11) is 0. The molecule has 0 saturated heterocycles. The molecule has 0 fully saturated rings. The molecular weight excluding hydrogens is 360 g/mol. The lowest BCUT2D eigenvalue weighted by Crippen LogP contribution is -1.82. The zero-order chi connectivity index (χ0) is 19.7. The third-order valence-corrected chi connectivity index (χ3v) is 6.48. The Balaban J connectivity index is 1.57. The van der Waals surface area contributed by atoms with E-state index in [9.17, 15) is 0 Å². The molecule has 7 aromatic carbocycles. The highest BCUT2D eigenvalue weighted by atomic mass is 14.1. The molecule has 0 nitrogen and oxygen atoms in total. The van der Waals surface area contributed by atoms with Gasteiger partial charge in [-0.1, -0.05) is 60.7 Å². The predicted octanol–water partition coefficient (Wildman–Crippen LogP) is 8.61. The number of benzene rings is 7. The van der Waals surface area contributed by atoms with Gasteiger partial charge in [0.1, 0.15) is 0 Å². The van der Waals surface area contributed by atoms with Gasteiger partial charge in [-0.25, -0.2) is 0 Å². The Morgan fingerprint density at radius 1 is 0.233 bits per heavy atom. The first-order chi connectivity index (χ1) is 14.8. The van der Waals surface area contributed by atoms with Crippen LogP contribution in [0.1, 0.15) is 0 Å². The normalized spacial score (nSPS) is 12.0. The number of fused-ring (bicyclic) bond motifs is 7. The lowest BCUT2D eigenvalue weighted by molar-refractivity contribution is 1.78. The van der Waals surface area contributed by atoms with Gasteiger partial charge in [-0.05, 0) is 113 Å². The van der Waals surface area contributed by atoms with Gasteiger partial charge in [0, 0.05) is 0 Å². The second kappa shape index (κ2) is 5.81. The summed E-state index contributed by atoms with van der Waals surface area (Å²) in [6.07, 6.45) is 0. The Morgan fingerprint density at radius 2 is 0.633 bits per heavy atom. The third kappa shape index (κ3) is 2.28. The average molecular weight is 378 g/mol. The maximum atomic E-state index is 2.36. The maximum absolute atomic E-state index is 2.36. The van der Waals surface area contributed by atoms with E-state index in [4.69, 9.17) is 0 Å². The summed E-state index contributed by atoms with van der Waals surface area (Å²) in [5.74, 6) is 0. The van der Waals surface area contributed by atoms with Gasteiger partial charge in [-0.3, -0.25) is 0 Å². The van der Waals surface area contributed by atoms with E-state index in [1.165, 1.54) is 64.6 Å². The Morgan fingerprint density at radius 3 is 1.23 bits per heavy atom. The van der Waals surface area contributed by atoms with Crippen LogP contribution in [0.3, 0.4) is 0 Å². The fraction of sp³-hybridized carbons (Fsp3) is 0. The van der Waals surface area contributed by atoms with Crippen LogP contribution < -0.4 is 0 Å². The minimum atomic E-state index is 1.29. The van der Waals surface area contributed by atoms with Crippen LogP contribution in [0.4, 0.5) is 0 Å². The molecule has 7 rings (SSSR count). The van der Waals surface area contributed by atoms with Gasteiger partial charge >= 0.3 is 0 Å². The van der Waals surface area contributed by atoms with Crippen LogP contribution in [-0.4, -0.2) is 0 Å². The van der Waals surface area contributed by atoms with E-state index in [0.29, 0.717) is 0 Å². The molecule has 0 atom stereocenters. The first-order valence-corrected chi connectivity index (χ1v) is 10.4. The van der Waals surface area contributed by atoms with E-state index < -0.39 is 0 Å². The molecule has 0 aliphatic heterocycles. The van der Waals surface area contributed by atoms with Gasteiger partial charge in [0.15, 0.2) is 0 Å². The van der Waals surface area contributed by atoms with Crippen molar-refractivity contribution in [3.63, 3.8) is 0 Å². The van der Waals surface area contributed by atoms with Crippen molar-refractivity contribution >= 4 is 64.6 Å². The number of hydrogen-bond donors (Lipinski definition) is 0. The van der Waals surface area contributed by atoms with Crippen LogP contribution in [0.5, 0.6) is 0 Å². The van der Waals surface area contributed by atoms with Gasteiger partial charge in [0.25, 0.3) is 0 Å². The average Bonchev–Trinajstić information content (AvgIpc) is 2.78. The van der Waals surface area contributed by atoms with E-state index in [1.807, 2.05) is 0 Å². The second-order valence-corrected chi connectivity index (χ2v) is 8.31. The molecule has 0 N–H and O–H groups in total. The summed E-state index contributed by atoms with van der Waals surface area (Å²) in [4.78, 5) is 0. The number of rotatable bonds is 0. The van der Waals surface area contributed by atoms with Crippen molar-refractivity contribution in [1.29, 1.82) is 0 Å². The molecule has 0 heteroatoms. The molecule has 0 aliphatic carbocycles. The van der Waals surface area contributed by atoms with Crippen molar-refractivity contribution in [2.24, 2.45) is 0 Å². The van der Waals surface area contributed by atoms with Crippen LogP contribution in [0.2, 0.25) is 0 Å². The maximum Gasteiger partial charge on any atom is -0.00990 e. The van der Waals surface area contributed by atoms with Crippen LogP contribution >= 0.6 is 0 Å². The summed E-state index contributed by atoms with van der Waals surface area (Å²) in [6, 6.07) is 40.4. The number of hydrogen-bond acceptors (Lipinski definition) is 0. The van der Waals surface area contributed by atoms with Gasteiger partial charge in [0.05, 0.1) is 0 Å². The molecule has 0 heterocycles. The highest BCUT2D eigenvalue weighted by Crippen LogP contribution is 2.34. The Bertz CT molecular complexity index is 1770. The topological polar surface area (TPSA) is 0 Å². The smallest absolute Gasteiger partial charge is 0.00990 e. The molecule has 0 saturated carbocycles. The van der Waals surface area contributed by atoms with E-state index >= 15 is 0 Å². The molecule has 0 spiro atoms. The highest BCUT2D eigenvalue weighted by Gasteiger charge is 2.06. The minimum Gasteiger partial charge on any atom is -0.0616 e. The standard InChI is InChI=1S/C30H18/c1-2-7-21-12-24-15-27-17-28-18-30-22(10-9-19-5-3-4-8-29(19)30)13-25(28)16-26(27)14-23(24)11-20(21)6-1/h1-18H. The lowest BCUT2D eigenvalue weighted by Gasteiger charge is -2.09.